The van der Waals surface area contributed by atoms with Crippen LogP contribution in [0.15, 0.2) is 24.3 Å². The van der Waals surface area contributed by atoms with Crippen LogP contribution in [0.4, 0.5) is 4.79 Å². The van der Waals surface area contributed by atoms with Gasteiger partial charge in [0.25, 0.3) is 0 Å². The average molecular weight is 315 g/mol. The Morgan fingerprint density at radius 2 is 1.70 bits per heavy atom. The van der Waals surface area contributed by atoms with Gasteiger partial charge < -0.3 is 9.64 Å². The van der Waals surface area contributed by atoms with E-state index < -0.39 is 5.60 Å². The SMILES string of the molecule is CC(C)(C)OC(=O)N1CCN(Cc2ccc(CC#N)cc2)CC1. The molecule has 0 aromatic heterocycles. The van der Waals surface area contributed by atoms with Crippen molar-refractivity contribution < 1.29 is 9.53 Å². The van der Waals surface area contributed by atoms with Gasteiger partial charge in [0.05, 0.1) is 12.5 Å². The highest BCUT2D eigenvalue weighted by Crippen LogP contribution is 2.14. The van der Waals surface area contributed by atoms with E-state index in [9.17, 15) is 4.79 Å². The van der Waals surface area contributed by atoms with Gasteiger partial charge in [-0.3, -0.25) is 4.90 Å². The molecule has 0 aliphatic carbocycles. The van der Waals surface area contributed by atoms with Gasteiger partial charge in [0.15, 0.2) is 0 Å². The summed E-state index contributed by atoms with van der Waals surface area (Å²) < 4.78 is 5.41. The fourth-order valence-electron chi connectivity index (χ4n) is 2.53. The fraction of sp³-hybridized carbons (Fsp3) is 0.556. The van der Waals surface area contributed by atoms with E-state index in [1.54, 1.807) is 4.90 Å². The third-order valence-corrected chi connectivity index (χ3v) is 3.74. The molecule has 0 spiro atoms. The summed E-state index contributed by atoms with van der Waals surface area (Å²) in [5.41, 5.74) is 1.84. The molecule has 1 heterocycles. The van der Waals surface area contributed by atoms with E-state index >= 15 is 0 Å². The molecule has 1 aromatic carbocycles. The molecule has 1 aliphatic heterocycles. The van der Waals surface area contributed by atoms with Crippen molar-refractivity contribution in [3.8, 4) is 6.07 Å². The predicted octanol–water partition coefficient (Wildman–Crippen LogP) is 2.81. The molecule has 0 radical (unpaired) electrons. The molecule has 0 unspecified atom stereocenters. The summed E-state index contributed by atoms with van der Waals surface area (Å²) in [6, 6.07) is 10.3. The van der Waals surface area contributed by atoms with Crippen molar-refractivity contribution in [1.82, 2.24) is 9.80 Å². The molecular weight excluding hydrogens is 290 g/mol. The number of piperazine rings is 1. The summed E-state index contributed by atoms with van der Waals surface area (Å²) in [6.07, 6.45) is 0.229. The van der Waals surface area contributed by atoms with Crippen molar-refractivity contribution >= 4 is 6.09 Å². The monoisotopic (exact) mass is 315 g/mol. The number of hydrogen-bond donors (Lipinski definition) is 0. The molecule has 23 heavy (non-hydrogen) atoms. The number of benzene rings is 1. The first-order chi connectivity index (χ1) is 10.9. The van der Waals surface area contributed by atoms with Crippen molar-refractivity contribution in [2.24, 2.45) is 0 Å². The van der Waals surface area contributed by atoms with Gasteiger partial charge in [-0.05, 0) is 31.9 Å². The van der Waals surface area contributed by atoms with Gasteiger partial charge in [-0.25, -0.2) is 4.79 Å². The zero-order valence-electron chi connectivity index (χ0n) is 14.2. The van der Waals surface area contributed by atoms with Crippen LogP contribution in [0.1, 0.15) is 31.9 Å². The maximum Gasteiger partial charge on any atom is 0.410 e. The van der Waals surface area contributed by atoms with E-state index in [1.165, 1.54) is 5.56 Å². The molecule has 1 aliphatic rings. The number of carbonyl (C=O) groups is 1. The first-order valence-corrected chi connectivity index (χ1v) is 8.02. The van der Waals surface area contributed by atoms with Crippen molar-refractivity contribution in [1.29, 1.82) is 5.26 Å². The van der Waals surface area contributed by atoms with Gasteiger partial charge in [-0.15, -0.1) is 0 Å². The zero-order valence-corrected chi connectivity index (χ0v) is 14.2. The predicted molar refractivity (Wildman–Crippen MR) is 88.8 cm³/mol. The first-order valence-electron chi connectivity index (χ1n) is 8.02. The number of amides is 1. The Morgan fingerprint density at radius 1 is 1.13 bits per heavy atom. The van der Waals surface area contributed by atoms with E-state index in [-0.39, 0.29) is 6.09 Å². The molecular formula is C18H25N3O2. The second-order valence-corrected chi connectivity index (χ2v) is 6.89. The van der Waals surface area contributed by atoms with Crippen molar-refractivity contribution in [3.63, 3.8) is 0 Å². The second kappa shape index (κ2) is 7.47. The van der Waals surface area contributed by atoms with Crippen LogP contribution >= 0.6 is 0 Å². The fourth-order valence-corrected chi connectivity index (χ4v) is 2.53. The average Bonchev–Trinajstić information content (AvgIpc) is 2.48. The molecule has 2 rings (SSSR count). The summed E-state index contributed by atoms with van der Waals surface area (Å²) >= 11 is 0. The lowest BCUT2D eigenvalue weighted by Crippen LogP contribution is -2.49. The third-order valence-electron chi connectivity index (χ3n) is 3.74. The zero-order chi connectivity index (χ0) is 16.9. The number of rotatable bonds is 3. The second-order valence-electron chi connectivity index (χ2n) is 6.89. The first kappa shape index (κ1) is 17.3. The molecule has 5 nitrogen and oxygen atoms in total. The quantitative estimate of drug-likeness (QED) is 0.860. The van der Waals surface area contributed by atoms with E-state index in [2.05, 4.69) is 23.1 Å². The Morgan fingerprint density at radius 3 is 2.22 bits per heavy atom. The molecule has 0 atom stereocenters. The lowest BCUT2D eigenvalue weighted by atomic mass is 10.1. The van der Waals surface area contributed by atoms with Gasteiger partial charge in [0, 0.05) is 32.7 Å². The topological polar surface area (TPSA) is 56.6 Å². The molecule has 1 amide bonds. The lowest BCUT2D eigenvalue weighted by molar-refractivity contribution is 0.0139. The molecule has 5 heteroatoms. The molecule has 1 fully saturated rings. The van der Waals surface area contributed by atoms with Crippen LogP contribution in [0.5, 0.6) is 0 Å². The van der Waals surface area contributed by atoms with Crippen molar-refractivity contribution in [2.45, 2.75) is 39.3 Å². The Bertz CT molecular complexity index is 561. The highest BCUT2D eigenvalue weighted by molar-refractivity contribution is 5.68. The normalized spacial score (nSPS) is 16.0. The largest absolute Gasteiger partial charge is 0.444 e. The Kier molecular flexibility index (Phi) is 5.62. The molecule has 0 saturated carbocycles. The molecule has 124 valence electrons. The maximum absolute atomic E-state index is 12.0. The third kappa shape index (κ3) is 5.57. The summed E-state index contributed by atoms with van der Waals surface area (Å²) in [5, 5.41) is 8.69. The van der Waals surface area contributed by atoms with Gasteiger partial charge in [0.1, 0.15) is 5.60 Å². The van der Waals surface area contributed by atoms with Crippen LogP contribution in [0, 0.1) is 11.3 Å². The van der Waals surface area contributed by atoms with E-state index in [4.69, 9.17) is 10.00 Å². The van der Waals surface area contributed by atoms with Gasteiger partial charge in [-0.2, -0.15) is 5.26 Å². The molecule has 0 N–H and O–H groups in total. The standard InChI is InChI=1S/C18H25N3O2/c1-18(2,3)23-17(22)21-12-10-20(11-13-21)14-16-6-4-15(5-7-16)8-9-19/h4-7H,8,10-14H2,1-3H3. The van der Waals surface area contributed by atoms with Crippen LogP contribution in [0.25, 0.3) is 0 Å². The van der Waals surface area contributed by atoms with Crippen LogP contribution < -0.4 is 0 Å². The summed E-state index contributed by atoms with van der Waals surface area (Å²) in [4.78, 5) is 16.1. The number of hydrogen-bond acceptors (Lipinski definition) is 4. The van der Waals surface area contributed by atoms with Crippen LogP contribution in [0.3, 0.4) is 0 Å². The lowest BCUT2D eigenvalue weighted by Gasteiger charge is -2.35. The highest BCUT2D eigenvalue weighted by Gasteiger charge is 2.25. The van der Waals surface area contributed by atoms with E-state index in [1.807, 2.05) is 32.9 Å². The molecule has 1 saturated heterocycles. The van der Waals surface area contributed by atoms with Crippen molar-refractivity contribution in [3.05, 3.63) is 35.4 Å². The van der Waals surface area contributed by atoms with E-state index in [0.717, 1.165) is 25.2 Å². The minimum absolute atomic E-state index is 0.224. The summed E-state index contributed by atoms with van der Waals surface area (Å²) in [7, 11) is 0. The van der Waals surface area contributed by atoms with Crippen LogP contribution in [0.2, 0.25) is 0 Å². The smallest absolute Gasteiger partial charge is 0.410 e. The molecule has 1 aromatic rings. The Balaban J connectivity index is 1.80. The van der Waals surface area contributed by atoms with E-state index in [0.29, 0.717) is 19.5 Å². The highest BCUT2D eigenvalue weighted by atomic mass is 16.6. The Labute approximate surface area is 138 Å². The Hall–Kier alpha value is -2.06. The molecule has 0 bridgehead atoms. The van der Waals surface area contributed by atoms with Crippen LogP contribution in [-0.2, 0) is 17.7 Å². The maximum atomic E-state index is 12.0. The number of nitriles is 1. The number of nitrogens with zero attached hydrogens (tertiary/aromatic N) is 3. The van der Waals surface area contributed by atoms with Gasteiger partial charge >= 0.3 is 6.09 Å². The summed E-state index contributed by atoms with van der Waals surface area (Å²) in [6.45, 7) is 9.61. The minimum atomic E-state index is -0.445. The number of ether oxygens (including phenoxy) is 1. The van der Waals surface area contributed by atoms with Gasteiger partial charge in [-0.1, -0.05) is 24.3 Å². The van der Waals surface area contributed by atoms with Gasteiger partial charge in [0.2, 0.25) is 0 Å². The van der Waals surface area contributed by atoms with Crippen LogP contribution in [-0.4, -0.2) is 47.7 Å². The summed E-state index contributed by atoms with van der Waals surface area (Å²) in [5.74, 6) is 0. The minimum Gasteiger partial charge on any atom is -0.444 e. The van der Waals surface area contributed by atoms with Crippen molar-refractivity contribution in [2.75, 3.05) is 26.2 Å². The number of carbonyl (C=O) groups excluding carboxylic acids is 1.